The number of para-hydroxylation sites is 1. The fourth-order valence-electron chi connectivity index (χ4n) is 1.57. The van der Waals surface area contributed by atoms with Gasteiger partial charge in [0.05, 0.1) is 12.7 Å². The molecule has 5 heteroatoms. The zero-order chi connectivity index (χ0) is 11.4. The number of rotatable bonds is 5. The standard InChI is InChI=1S/C11H15NO4/c13-6-9(14)5-12-4-8-2-1-3-10-11(8)16-7-15-10/h1-3,9,12-14H,4-7H2/t9-/m0/s1. The molecule has 1 heterocycles. The van der Waals surface area contributed by atoms with Gasteiger partial charge in [-0.25, -0.2) is 0 Å². The van der Waals surface area contributed by atoms with Crippen LogP contribution in [0.4, 0.5) is 0 Å². The summed E-state index contributed by atoms with van der Waals surface area (Å²) in [5, 5.41) is 20.8. The topological polar surface area (TPSA) is 71.0 Å². The lowest BCUT2D eigenvalue weighted by atomic mass is 10.2. The van der Waals surface area contributed by atoms with Crippen molar-refractivity contribution in [1.29, 1.82) is 0 Å². The van der Waals surface area contributed by atoms with E-state index in [0.717, 1.165) is 17.1 Å². The number of fused-ring (bicyclic) bond motifs is 1. The summed E-state index contributed by atoms with van der Waals surface area (Å²) in [6.07, 6.45) is -0.728. The van der Waals surface area contributed by atoms with Crippen molar-refractivity contribution in [2.45, 2.75) is 12.6 Å². The monoisotopic (exact) mass is 225 g/mol. The van der Waals surface area contributed by atoms with E-state index in [4.69, 9.17) is 19.7 Å². The number of ether oxygens (including phenoxy) is 2. The number of aliphatic hydroxyl groups is 2. The Morgan fingerprint density at radius 1 is 1.38 bits per heavy atom. The first-order valence-electron chi connectivity index (χ1n) is 5.18. The van der Waals surface area contributed by atoms with Gasteiger partial charge in [0.25, 0.3) is 0 Å². The maximum Gasteiger partial charge on any atom is 0.231 e. The Morgan fingerprint density at radius 3 is 3.06 bits per heavy atom. The van der Waals surface area contributed by atoms with Crippen LogP contribution in [0.15, 0.2) is 18.2 Å². The third-order valence-electron chi connectivity index (χ3n) is 2.38. The van der Waals surface area contributed by atoms with Gasteiger partial charge in [-0.15, -0.1) is 0 Å². The van der Waals surface area contributed by atoms with E-state index < -0.39 is 6.10 Å². The van der Waals surface area contributed by atoms with Crippen molar-refractivity contribution in [1.82, 2.24) is 5.32 Å². The molecule has 1 aromatic rings. The minimum Gasteiger partial charge on any atom is -0.454 e. The number of benzene rings is 1. The molecule has 0 spiro atoms. The zero-order valence-corrected chi connectivity index (χ0v) is 8.85. The van der Waals surface area contributed by atoms with E-state index in [1.165, 1.54) is 0 Å². The van der Waals surface area contributed by atoms with Crippen LogP contribution in [0.25, 0.3) is 0 Å². The van der Waals surface area contributed by atoms with Gasteiger partial charge in [0.2, 0.25) is 6.79 Å². The Balaban J connectivity index is 1.92. The smallest absolute Gasteiger partial charge is 0.231 e. The molecular weight excluding hydrogens is 210 g/mol. The molecule has 0 radical (unpaired) electrons. The van der Waals surface area contributed by atoms with Crippen LogP contribution in [0.5, 0.6) is 11.5 Å². The largest absolute Gasteiger partial charge is 0.454 e. The van der Waals surface area contributed by atoms with Crippen molar-refractivity contribution in [2.24, 2.45) is 0 Å². The van der Waals surface area contributed by atoms with Crippen LogP contribution in [-0.4, -0.2) is 36.3 Å². The van der Waals surface area contributed by atoms with Crippen molar-refractivity contribution < 1.29 is 19.7 Å². The molecule has 0 saturated heterocycles. The second kappa shape index (κ2) is 5.16. The van der Waals surface area contributed by atoms with E-state index in [1.807, 2.05) is 18.2 Å². The molecule has 1 aliphatic rings. The van der Waals surface area contributed by atoms with E-state index in [9.17, 15) is 0 Å². The van der Waals surface area contributed by atoms with Gasteiger partial charge >= 0.3 is 0 Å². The van der Waals surface area contributed by atoms with Crippen LogP contribution in [0.2, 0.25) is 0 Å². The lowest BCUT2D eigenvalue weighted by Crippen LogP contribution is -2.28. The molecular formula is C11H15NO4. The fraction of sp³-hybridized carbons (Fsp3) is 0.455. The Labute approximate surface area is 93.6 Å². The Hall–Kier alpha value is -1.30. The minimum absolute atomic E-state index is 0.237. The van der Waals surface area contributed by atoms with E-state index >= 15 is 0 Å². The maximum absolute atomic E-state index is 9.16. The highest BCUT2D eigenvalue weighted by molar-refractivity contribution is 5.48. The molecule has 0 saturated carbocycles. The van der Waals surface area contributed by atoms with Gasteiger partial charge in [0, 0.05) is 18.7 Å². The quantitative estimate of drug-likeness (QED) is 0.650. The van der Waals surface area contributed by atoms with Crippen molar-refractivity contribution in [2.75, 3.05) is 19.9 Å². The minimum atomic E-state index is -0.728. The average Bonchev–Trinajstić information content (AvgIpc) is 2.77. The molecule has 2 rings (SSSR count). The summed E-state index contributed by atoms with van der Waals surface area (Å²) in [5.74, 6) is 1.51. The molecule has 16 heavy (non-hydrogen) atoms. The summed E-state index contributed by atoms with van der Waals surface area (Å²) in [6, 6.07) is 5.69. The first kappa shape index (κ1) is 11.2. The van der Waals surface area contributed by atoms with E-state index in [0.29, 0.717) is 13.1 Å². The third kappa shape index (κ3) is 2.44. The molecule has 1 atom stereocenters. The SMILES string of the molecule is OC[C@@H](O)CNCc1cccc2c1OCO2. The highest BCUT2D eigenvalue weighted by atomic mass is 16.7. The summed E-state index contributed by atoms with van der Waals surface area (Å²) >= 11 is 0. The van der Waals surface area contributed by atoms with Crippen molar-refractivity contribution in [3.63, 3.8) is 0 Å². The first-order valence-corrected chi connectivity index (χ1v) is 5.18. The molecule has 0 aromatic heterocycles. The summed E-state index contributed by atoms with van der Waals surface area (Å²) in [7, 11) is 0. The van der Waals surface area contributed by atoms with Gasteiger partial charge in [0.15, 0.2) is 11.5 Å². The molecule has 3 N–H and O–H groups in total. The molecule has 0 bridgehead atoms. The first-order chi connectivity index (χ1) is 7.81. The van der Waals surface area contributed by atoms with Gasteiger partial charge in [0.1, 0.15) is 0 Å². The second-order valence-corrected chi connectivity index (χ2v) is 3.62. The predicted octanol–water partition coefficient (Wildman–Crippen LogP) is -0.142. The van der Waals surface area contributed by atoms with E-state index in [2.05, 4.69) is 5.32 Å². The predicted molar refractivity (Wildman–Crippen MR) is 57.4 cm³/mol. The third-order valence-corrected chi connectivity index (χ3v) is 2.38. The number of aliphatic hydroxyl groups excluding tert-OH is 2. The zero-order valence-electron chi connectivity index (χ0n) is 8.85. The fourth-order valence-corrected chi connectivity index (χ4v) is 1.57. The Morgan fingerprint density at radius 2 is 2.25 bits per heavy atom. The molecule has 0 unspecified atom stereocenters. The maximum atomic E-state index is 9.16. The molecule has 0 aliphatic carbocycles. The van der Waals surface area contributed by atoms with Crippen LogP contribution < -0.4 is 14.8 Å². The van der Waals surface area contributed by atoms with Crippen molar-refractivity contribution in [3.8, 4) is 11.5 Å². The van der Waals surface area contributed by atoms with Crippen molar-refractivity contribution in [3.05, 3.63) is 23.8 Å². The van der Waals surface area contributed by atoms with Gasteiger partial charge in [-0.05, 0) is 6.07 Å². The summed E-state index contributed by atoms with van der Waals surface area (Å²) in [4.78, 5) is 0. The van der Waals surface area contributed by atoms with Gasteiger partial charge in [-0.2, -0.15) is 0 Å². The van der Waals surface area contributed by atoms with Crippen LogP contribution in [0.3, 0.4) is 0 Å². The molecule has 0 fully saturated rings. The normalized spacial score (nSPS) is 15.1. The van der Waals surface area contributed by atoms with E-state index in [-0.39, 0.29) is 13.4 Å². The highest BCUT2D eigenvalue weighted by Gasteiger charge is 2.16. The number of hydrogen-bond donors (Lipinski definition) is 3. The van der Waals surface area contributed by atoms with Crippen LogP contribution >= 0.6 is 0 Å². The second-order valence-electron chi connectivity index (χ2n) is 3.62. The van der Waals surface area contributed by atoms with Gasteiger partial charge < -0.3 is 25.0 Å². The summed E-state index contributed by atoms with van der Waals surface area (Å²) < 4.78 is 10.6. The molecule has 5 nitrogen and oxygen atoms in total. The lowest BCUT2D eigenvalue weighted by Gasteiger charge is -2.10. The van der Waals surface area contributed by atoms with Gasteiger partial charge in [-0.3, -0.25) is 0 Å². The van der Waals surface area contributed by atoms with E-state index in [1.54, 1.807) is 0 Å². The summed E-state index contributed by atoms with van der Waals surface area (Å²) in [5.41, 5.74) is 0.986. The lowest BCUT2D eigenvalue weighted by molar-refractivity contribution is 0.0941. The van der Waals surface area contributed by atoms with Crippen LogP contribution in [0, 0.1) is 0 Å². The average molecular weight is 225 g/mol. The van der Waals surface area contributed by atoms with Crippen LogP contribution in [0.1, 0.15) is 5.56 Å². The van der Waals surface area contributed by atoms with Gasteiger partial charge in [-0.1, -0.05) is 12.1 Å². The molecule has 0 amide bonds. The number of nitrogens with one attached hydrogen (secondary N) is 1. The molecule has 1 aromatic carbocycles. The number of hydrogen-bond acceptors (Lipinski definition) is 5. The summed E-state index contributed by atoms with van der Waals surface area (Å²) in [6.45, 7) is 0.940. The molecule has 88 valence electrons. The highest BCUT2D eigenvalue weighted by Crippen LogP contribution is 2.35. The molecule has 1 aliphatic heterocycles. The Kier molecular flexibility index (Phi) is 3.61. The van der Waals surface area contributed by atoms with Crippen LogP contribution in [-0.2, 0) is 6.54 Å². The van der Waals surface area contributed by atoms with Crippen molar-refractivity contribution >= 4 is 0 Å². The Bertz CT molecular complexity index is 356.